The van der Waals surface area contributed by atoms with Crippen molar-refractivity contribution in [1.82, 2.24) is 4.98 Å². The summed E-state index contributed by atoms with van der Waals surface area (Å²) in [7, 11) is 0. The number of hydrogen-bond donors (Lipinski definition) is 2. The lowest BCUT2D eigenvalue weighted by molar-refractivity contribution is 0.0622. The van der Waals surface area contributed by atoms with Gasteiger partial charge < -0.3 is 14.6 Å². The minimum absolute atomic E-state index is 0.0730. The van der Waals surface area contributed by atoms with E-state index in [4.69, 9.17) is 14.6 Å². The molecular weight excluding hydrogens is 238 g/mol. The number of oxazole rings is 1. The third-order valence-corrected chi connectivity index (χ3v) is 4.31. The van der Waals surface area contributed by atoms with Crippen molar-refractivity contribution >= 4 is 11.9 Å². The summed E-state index contributed by atoms with van der Waals surface area (Å²) in [5.41, 5.74) is -0.719. The van der Waals surface area contributed by atoms with Gasteiger partial charge in [-0.1, -0.05) is 27.7 Å². The highest BCUT2D eigenvalue weighted by atomic mass is 16.4. The van der Waals surface area contributed by atoms with Gasteiger partial charge in [-0.05, 0) is 10.8 Å². The number of hydrogen-bond acceptors (Lipinski definition) is 4. The van der Waals surface area contributed by atoms with Crippen molar-refractivity contribution < 1.29 is 24.2 Å². The van der Waals surface area contributed by atoms with Gasteiger partial charge in [0.05, 0.1) is 0 Å². The smallest absolute Gasteiger partial charge is 0.374 e. The van der Waals surface area contributed by atoms with Crippen LogP contribution in [-0.4, -0.2) is 27.1 Å². The number of aromatic nitrogens is 1. The SMILES string of the molecule is CC1(C)C(c2nc(C(=O)O)c(C(=O)O)o2)C1(C)C. The molecule has 0 saturated heterocycles. The van der Waals surface area contributed by atoms with Crippen LogP contribution in [-0.2, 0) is 0 Å². The van der Waals surface area contributed by atoms with Gasteiger partial charge in [0.2, 0.25) is 11.5 Å². The Hall–Kier alpha value is -1.85. The molecule has 18 heavy (non-hydrogen) atoms. The highest BCUT2D eigenvalue weighted by molar-refractivity contribution is 5.98. The Balaban J connectivity index is 2.47. The maximum absolute atomic E-state index is 10.9. The van der Waals surface area contributed by atoms with Crippen molar-refractivity contribution in [3.8, 4) is 0 Å². The molecule has 0 aliphatic heterocycles. The number of carboxylic acid groups (broad SMARTS) is 2. The monoisotopic (exact) mass is 253 g/mol. The molecule has 0 spiro atoms. The molecule has 2 rings (SSSR count). The molecule has 0 amide bonds. The van der Waals surface area contributed by atoms with Crippen LogP contribution in [0.25, 0.3) is 0 Å². The molecular formula is C12H15NO5. The van der Waals surface area contributed by atoms with Gasteiger partial charge in [0.1, 0.15) is 0 Å². The van der Waals surface area contributed by atoms with Gasteiger partial charge in [-0.15, -0.1) is 0 Å². The molecule has 0 radical (unpaired) electrons. The Morgan fingerprint density at radius 1 is 1.11 bits per heavy atom. The molecule has 2 N–H and O–H groups in total. The van der Waals surface area contributed by atoms with Gasteiger partial charge in [-0.3, -0.25) is 0 Å². The number of carbonyl (C=O) groups is 2. The fourth-order valence-corrected chi connectivity index (χ4v) is 2.56. The lowest BCUT2D eigenvalue weighted by atomic mass is 10.0. The molecule has 1 aliphatic carbocycles. The molecule has 1 aromatic rings. The highest BCUT2D eigenvalue weighted by Gasteiger charge is 2.67. The molecule has 1 heterocycles. The fraction of sp³-hybridized carbons (Fsp3) is 0.583. The molecule has 0 atom stereocenters. The fourth-order valence-electron chi connectivity index (χ4n) is 2.56. The predicted octanol–water partition coefficient (Wildman–Crippen LogP) is 2.22. The van der Waals surface area contributed by atoms with Crippen molar-refractivity contribution in [2.75, 3.05) is 0 Å². The van der Waals surface area contributed by atoms with Crippen LogP contribution >= 0.6 is 0 Å². The average molecular weight is 253 g/mol. The largest absolute Gasteiger partial charge is 0.476 e. The van der Waals surface area contributed by atoms with Gasteiger partial charge in [-0.25, -0.2) is 14.6 Å². The molecule has 1 fully saturated rings. The van der Waals surface area contributed by atoms with Gasteiger partial charge in [0.15, 0.2) is 5.89 Å². The Morgan fingerprint density at radius 2 is 1.61 bits per heavy atom. The van der Waals surface area contributed by atoms with Crippen LogP contribution in [0.3, 0.4) is 0 Å². The Kier molecular flexibility index (Phi) is 2.34. The van der Waals surface area contributed by atoms with Crippen LogP contribution < -0.4 is 0 Å². The lowest BCUT2D eigenvalue weighted by Crippen LogP contribution is -2.05. The Bertz CT molecular complexity index is 495. The van der Waals surface area contributed by atoms with E-state index in [1.54, 1.807) is 0 Å². The van der Waals surface area contributed by atoms with Crippen LogP contribution in [0.4, 0.5) is 0 Å². The maximum Gasteiger partial charge on any atom is 0.374 e. The van der Waals surface area contributed by atoms with Crippen LogP contribution in [0.1, 0.15) is 60.5 Å². The Labute approximate surface area is 104 Å². The minimum Gasteiger partial charge on any atom is -0.476 e. The molecule has 0 aromatic carbocycles. The molecule has 0 bridgehead atoms. The van der Waals surface area contributed by atoms with Crippen LogP contribution in [0.5, 0.6) is 0 Å². The van der Waals surface area contributed by atoms with Gasteiger partial charge >= 0.3 is 11.9 Å². The summed E-state index contributed by atoms with van der Waals surface area (Å²) in [6.07, 6.45) is 0. The zero-order valence-corrected chi connectivity index (χ0v) is 10.6. The first-order valence-corrected chi connectivity index (χ1v) is 5.58. The summed E-state index contributed by atoms with van der Waals surface area (Å²) in [5, 5.41) is 17.8. The number of rotatable bonds is 3. The third-order valence-electron chi connectivity index (χ3n) is 4.31. The van der Waals surface area contributed by atoms with Crippen LogP contribution in [0.2, 0.25) is 0 Å². The molecule has 6 nitrogen and oxygen atoms in total. The van der Waals surface area contributed by atoms with Crippen molar-refractivity contribution in [3.63, 3.8) is 0 Å². The van der Waals surface area contributed by atoms with Crippen molar-refractivity contribution in [3.05, 3.63) is 17.3 Å². The normalized spacial score (nSPS) is 20.7. The van der Waals surface area contributed by atoms with Gasteiger partial charge in [-0.2, -0.15) is 0 Å². The predicted molar refractivity (Wildman–Crippen MR) is 60.7 cm³/mol. The summed E-state index contributed by atoms with van der Waals surface area (Å²) in [4.78, 5) is 25.7. The van der Waals surface area contributed by atoms with E-state index < -0.39 is 23.4 Å². The second kappa shape index (κ2) is 3.34. The first-order chi connectivity index (χ1) is 8.10. The first kappa shape index (κ1) is 12.6. The van der Waals surface area contributed by atoms with E-state index in [0.29, 0.717) is 0 Å². The summed E-state index contributed by atoms with van der Waals surface area (Å²) in [6.45, 7) is 8.07. The highest BCUT2D eigenvalue weighted by Crippen LogP contribution is 2.73. The van der Waals surface area contributed by atoms with E-state index in [1.807, 2.05) is 27.7 Å². The van der Waals surface area contributed by atoms with Gasteiger partial charge in [0, 0.05) is 5.92 Å². The number of nitrogens with zero attached hydrogens (tertiary/aromatic N) is 1. The lowest BCUT2D eigenvalue weighted by Gasteiger charge is -2.03. The summed E-state index contributed by atoms with van der Waals surface area (Å²) in [5.74, 6) is -3.28. The minimum atomic E-state index is -1.41. The molecule has 98 valence electrons. The third kappa shape index (κ3) is 1.45. The van der Waals surface area contributed by atoms with E-state index in [-0.39, 0.29) is 22.6 Å². The molecule has 1 saturated carbocycles. The topological polar surface area (TPSA) is 101 Å². The second-order valence-corrected chi connectivity index (χ2v) is 5.72. The van der Waals surface area contributed by atoms with E-state index in [2.05, 4.69) is 4.98 Å². The van der Waals surface area contributed by atoms with E-state index in [0.717, 1.165) is 0 Å². The second-order valence-electron chi connectivity index (χ2n) is 5.72. The number of carboxylic acids is 2. The molecule has 0 unspecified atom stereocenters. The molecule has 1 aromatic heterocycles. The van der Waals surface area contributed by atoms with E-state index in [1.165, 1.54) is 0 Å². The summed E-state index contributed by atoms with van der Waals surface area (Å²) < 4.78 is 5.14. The molecule has 6 heteroatoms. The van der Waals surface area contributed by atoms with Crippen LogP contribution in [0, 0.1) is 10.8 Å². The summed E-state index contributed by atoms with van der Waals surface area (Å²) >= 11 is 0. The average Bonchev–Trinajstić information content (AvgIpc) is 2.59. The quantitative estimate of drug-likeness (QED) is 0.856. The molecule has 1 aliphatic rings. The zero-order valence-electron chi connectivity index (χ0n) is 10.6. The standard InChI is InChI=1S/C12H15NO5/c1-11(2)7(12(11,3)4)8-13-5(9(14)15)6(18-8)10(16)17/h7H,1-4H3,(H,14,15)(H,16,17). The maximum atomic E-state index is 10.9. The number of aromatic carboxylic acids is 2. The zero-order chi connectivity index (χ0) is 13.9. The first-order valence-electron chi connectivity index (χ1n) is 5.58. The van der Waals surface area contributed by atoms with E-state index >= 15 is 0 Å². The van der Waals surface area contributed by atoms with E-state index in [9.17, 15) is 9.59 Å². The van der Waals surface area contributed by atoms with Gasteiger partial charge in [0.25, 0.3) is 0 Å². The van der Waals surface area contributed by atoms with Crippen molar-refractivity contribution in [1.29, 1.82) is 0 Å². The van der Waals surface area contributed by atoms with Crippen LogP contribution in [0.15, 0.2) is 4.42 Å². The van der Waals surface area contributed by atoms with Crippen molar-refractivity contribution in [2.45, 2.75) is 33.6 Å². The Morgan fingerprint density at radius 3 is 1.89 bits per heavy atom. The summed E-state index contributed by atoms with van der Waals surface area (Å²) in [6, 6.07) is 0. The van der Waals surface area contributed by atoms with Crippen molar-refractivity contribution in [2.24, 2.45) is 10.8 Å².